The van der Waals surface area contributed by atoms with Crippen LogP contribution in [0.3, 0.4) is 0 Å². The van der Waals surface area contributed by atoms with Crippen molar-refractivity contribution in [3.05, 3.63) is 300 Å². The van der Waals surface area contributed by atoms with E-state index < -0.39 is 5.41 Å². The Labute approximate surface area is 521 Å². The maximum atomic E-state index is 5.27. The first-order chi connectivity index (χ1) is 43.2. The van der Waals surface area contributed by atoms with Crippen molar-refractivity contribution < 1.29 is 0 Å². The molecule has 3 heterocycles. The summed E-state index contributed by atoms with van der Waals surface area (Å²) in [4.78, 5) is 22.8. The third-order valence-corrected chi connectivity index (χ3v) is 20.6. The summed E-state index contributed by atoms with van der Waals surface area (Å²) >= 11 is 0. The number of benzene rings is 10. The van der Waals surface area contributed by atoms with Gasteiger partial charge < -0.3 is 0 Å². The zero-order valence-electron chi connectivity index (χ0n) is 51.4. The fraction of sp³-hybridized carbons (Fsp3) is 0.145. The molecular formula is C83H66N6. The summed E-state index contributed by atoms with van der Waals surface area (Å²) in [6.45, 7) is 19.0. The van der Waals surface area contributed by atoms with Crippen molar-refractivity contribution in [2.45, 2.75) is 77.0 Å². The van der Waals surface area contributed by atoms with Crippen molar-refractivity contribution in [3.63, 3.8) is 0 Å². The Hall–Kier alpha value is -10.4. The van der Waals surface area contributed by atoms with E-state index in [1.165, 1.54) is 89.0 Å². The van der Waals surface area contributed by atoms with Crippen LogP contribution in [0.15, 0.2) is 255 Å². The lowest BCUT2D eigenvalue weighted by Gasteiger charge is -2.33. The molecule has 13 aromatic rings. The number of rotatable bonds is 9. The monoisotopic (exact) mass is 1150 g/mol. The van der Waals surface area contributed by atoms with Crippen LogP contribution in [0.5, 0.6) is 0 Å². The molecule has 4 aliphatic carbocycles. The fourth-order valence-corrected chi connectivity index (χ4v) is 16.1. The molecule has 10 aromatic carbocycles. The number of nitrogens with zero attached hydrogens (tertiary/aromatic N) is 6. The van der Waals surface area contributed by atoms with Crippen LogP contribution in [-0.2, 0) is 21.7 Å². The van der Waals surface area contributed by atoms with Gasteiger partial charge in [-0.05, 0) is 186 Å². The van der Waals surface area contributed by atoms with E-state index in [1.54, 1.807) is 0 Å². The zero-order valence-corrected chi connectivity index (χ0v) is 51.4. The van der Waals surface area contributed by atoms with Gasteiger partial charge in [-0.2, -0.15) is 0 Å². The quantitative estimate of drug-likeness (QED) is 0.106. The summed E-state index contributed by atoms with van der Waals surface area (Å²) in [5, 5.41) is 4.41. The SMILES string of the molecule is CC1(C)c2ccccc2-c2ccc(N(c3ccc4c(c3)C(C)(C)c3cc5c(N(c6ccc7c(c6)C(C)(C)c6ccccc6-7)c6ccccn6)c6ccccc6c(N(c6ccc7c(c6)C(C)(C)c6ccccc6-7)c6ccccn6)c5cc3-4)c3ccccn3)cc21. The summed E-state index contributed by atoms with van der Waals surface area (Å²) in [5.41, 5.74) is 25.9. The van der Waals surface area contributed by atoms with Gasteiger partial charge in [0.15, 0.2) is 0 Å². The number of pyridine rings is 3. The van der Waals surface area contributed by atoms with E-state index in [4.69, 9.17) is 15.0 Å². The van der Waals surface area contributed by atoms with Gasteiger partial charge in [0.05, 0.1) is 11.4 Å². The van der Waals surface area contributed by atoms with Crippen LogP contribution in [0.1, 0.15) is 99.9 Å². The van der Waals surface area contributed by atoms with Crippen molar-refractivity contribution in [2.75, 3.05) is 14.7 Å². The van der Waals surface area contributed by atoms with Crippen LogP contribution in [0.4, 0.5) is 51.6 Å². The van der Waals surface area contributed by atoms with Crippen molar-refractivity contribution in [2.24, 2.45) is 0 Å². The second kappa shape index (κ2) is 19.0. The molecule has 0 saturated carbocycles. The molecule has 4 aliphatic rings. The topological polar surface area (TPSA) is 48.4 Å². The summed E-state index contributed by atoms with van der Waals surface area (Å²) < 4.78 is 0. The lowest BCUT2D eigenvalue weighted by atomic mass is 9.81. The Morgan fingerprint density at radius 2 is 0.506 bits per heavy atom. The van der Waals surface area contributed by atoms with E-state index in [1.807, 2.05) is 36.8 Å². The first-order valence-corrected chi connectivity index (χ1v) is 31.2. The van der Waals surface area contributed by atoms with Crippen LogP contribution in [0, 0.1) is 0 Å². The van der Waals surface area contributed by atoms with Crippen LogP contribution in [-0.4, -0.2) is 15.0 Å². The van der Waals surface area contributed by atoms with Gasteiger partial charge in [-0.15, -0.1) is 0 Å². The highest BCUT2D eigenvalue weighted by Crippen LogP contribution is 2.60. The zero-order chi connectivity index (χ0) is 60.3. The van der Waals surface area contributed by atoms with Gasteiger partial charge in [0, 0.05) is 84.5 Å². The molecular weight excluding hydrogens is 1080 g/mol. The van der Waals surface area contributed by atoms with Gasteiger partial charge in [0.25, 0.3) is 0 Å². The molecule has 0 aliphatic heterocycles. The number of hydrogen-bond donors (Lipinski definition) is 0. The smallest absolute Gasteiger partial charge is 0.137 e. The molecule has 89 heavy (non-hydrogen) atoms. The first-order valence-electron chi connectivity index (χ1n) is 31.2. The summed E-state index contributed by atoms with van der Waals surface area (Å²) in [6, 6.07) is 87.9. The highest BCUT2D eigenvalue weighted by atomic mass is 15.2. The third-order valence-electron chi connectivity index (χ3n) is 20.6. The number of anilines is 9. The molecule has 6 nitrogen and oxygen atoms in total. The molecule has 0 saturated heterocycles. The highest BCUT2D eigenvalue weighted by Gasteiger charge is 2.42. The predicted molar refractivity (Wildman–Crippen MR) is 369 cm³/mol. The van der Waals surface area contributed by atoms with E-state index in [9.17, 15) is 0 Å². The van der Waals surface area contributed by atoms with Crippen LogP contribution >= 0.6 is 0 Å². The molecule has 0 spiro atoms. The van der Waals surface area contributed by atoms with Gasteiger partial charge in [-0.3, -0.25) is 14.7 Å². The maximum absolute atomic E-state index is 5.27. The lowest BCUT2D eigenvalue weighted by molar-refractivity contribution is 0.660. The summed E-state index contributed by atoms with van der Waals surface area (Å²) in [6.07, 6.45) is 5.76. The number of aromatic nitrogens is 3. The van der Waals surface area contributed by atoms with Crippen molar-refractivity contribution in [3.8, 4) is 44.5 Å². The molecule has 17 rings (SSSR count). The highest BCUT2D eigenvalue weighted by molar-refractivity contribution is 6.24. The fourth-order valence-electron chi connectivity index (χ4n) is 16.1. The van der Waals surface area contributed by atoms with Crippen LogP contribution in [0.2, 0.25) is 0 Å². The van der Waals surface area contributed by atoms with Gasteiger partial charge in [0.2, 0.25) is 0 Å². The predicted octanol–water partition coefficient (Wildman–Crippen LogP) is 21.8. The van der Waals surface area contributed by atoms with E-state index in [0.717, 1.165) is 73.1 Å². The number of fused-ring (bicyclic) bond motifs is 14. The molecule has 428 valence electrons. The average molecular weight is 1150 g/mol. The standard InChI is InChI=1S/C83H66N6/c1-80(2)67-28-14-11-23-55(67)58-38-34-51(45-70(58)80)87(75-31-17-20-42-84-75)52-35-41-61-64-49-65-66(50-74(64)83(7,8)73(61)46-52)79(89(77-33-19-22-44-86-77)54-37-40-60-57-25-13-16-30-69(57)82(5,6)72(60)48-54)63-27-10-9-26-62(63)78(65)88(76-32-18-21-43-85-76)53-36-39-59-56-24-12-15-29-68(56)81(3,4)71(59)47-53/h9-50H,1-8H3. The van der Waals surface area contributed by atoms with Gasteiger partial charge in [-0.25, -0.2) is 15.0 Å². The van der Waals surface area contributed by atoms with Gasteiger partial charge in [0.1, 0.15) is 17.5 Å². The molecule has 0 atom stereocenters. The Bertz CT molecular complexity index is 5100. The molecule has 0 radical (unpaired) electrons. The second-order valence-electron chi connectivity index (χ2n) is 26.8. The Balaban J connectivity index is 0.932. The molecule has 3 aromatic heterocycles. The molecule has 0 N–H and O–H groups in total. The molecule has 0 fully saturated rings. The average Bonchev–Trinajstić information content (AvgIpc) is 1.73. The van der Waals surface area contributed by atoms with Gasteiger partial charge in [-0.1, -0.05) is 195 Å². The van der Waals surface area contributed by atoms with Crippen LogP contribution in [0.25, 0.3) is 66.1 Å². The van der Waals surface area contributed by atoms with Crippen LogP contribution < -0.4 is 14.7 Å². The minimum Gasteiger partial charge on any atom is -0.295 e. The largest absolute Gasteiger partial charge is 0.295 e. The maximum Gasteiger partial charge on any atom is 0.137 e. The second-order valence-corrected chi connectivity index (χ2v) is 26.8. The van der Waals surface area contributed by atoms with E-state index in [-0.39, 0.29) is 16.2 Å². The van der Waals surface area contributed by atoms with Crippen molar-refractivity contribution in [1.29, 1.82) is 0 Å². The van der Waals surface area contributed by atoms with Crippen molar-refractivity contribution in [1.82, 2.24) is 15.0 Å². The summed E-state index contributed by atoms with van der Waals surface area (Å²) in [5.74, 6) is 2.53. The Morgan fingerprint density at radius 1 is 0.225 bits per heavy atom. The molecule has 0 bridgehead atoms. The minimum absolute atomic E-state index is 0.173. The van der Waals surface area contributed by atoms with Gasteiger partial charge >= 0.3 is 0 Å². The number of hydrogen-bond acceptors (Lipinski definition) is 6. The van der Waals surface area contributed by atoms with E-state index in [0.29, 0.717) is 0 Å². The van der Waals surface area contributed by atoms with E-state index in [2.05, 4.69) is 288 Å². The minimum atomic E-state index is -0.449. The Kier molecular flexibility index (Phi) is 11.3. The first kappa shape index (κ1) is 52.9. The Morgan fingerprint density at radius 3 is 0.876 bits per heavy atom. The normalized spacial score (nSPS) is 15.1. The van der Waals surface area contributed by atoms with E-state index >= 15 is 0 Å². The molecule has 6 heteroatoms. The lowest BCUT2D eigenvalue weighted by Crippen LogP contribution is -2.19. The summed E-state index contributed by atoms with van der Waals surface area (Å²) in [7, 11) is 0. The molecule has 0 amide bonds. The van der Waals surface area contributed by atoms with Crippen molar-refractivity contribution >= 4 is 73.1 Å². The third kappa shape index (κ3) is 7.59. The molecule has 0 unspecified atom stereocenters.